The second kappa shape index (κ2) is 8.06. The number of rotatable bonds is 4. The molecule has 3 heterocycles. The molecule has 0 N–H and O–H groups in total. The molecule has 0 fully saturated rings. The SMILES string of the molecule is Cc1ccc(C2=CCN(c3ncn(Cc4ccc(C(F)(F)F)s4)c(=O)n3)CC2)cc1. The molecule has 1 aliphatic heterocycles. The molecule has 0 spiro atoms. The molecule has 0 unspecified atom stereocenters. The molecule has 0 bridgehead atoms. The first-order valence-electron chi connectivity index (χ1n) is 9.40. The highest BCUT2D eigenvalue weighted by Crippen LogP contribution is 2.34. The Labute approximate surface area is 175 Å². The van der Waals surface area contributed by atoms with Crippen molar-refractivity contribution >= 4 is 22.9 Å². The Kier molecular flexibility index (Phi) is 5.46. The highest BCUT2D eigenvalue weighted by Gasteiger charge is 2.32. The summed E-state index contributed by atoms with van der Waals surface area (Å²) in [5, 5.41) is 0. The Morgan fingerprint density at radius 2 is 1.90 bits per heavy atom. The molecule has 0 radical (unpaired) electrons. The second-order valence-electron chi connectivity index (χ2n) is 7.12. The zero-order valence-electron chi connectivity index (χ0n) is 16.2. The highest BCUT2D eigenvalue weighted by atomic mass is 32.1. The van der Waals surface area contributed by atoms with Gasteiger partial charge in [0, 0.05) is 18.0 Å². The minimum absolute atomic E-state index is 0.0112. The summed E-state index contributed by atoms with van der Waals surface area (Å²) in [5.74, 6) is 0.331. The van der Waals surface area contributed by atoms with E-state index in [-0.39, 0.29) is 6.54 Å². The quantitative estimate of drug-likeness (QED) is 0.615. The minimum Gasteiger partial charge on any atom is -0.337 e. The third-order valence-corrected chi connectivity index (χ3v) is 6.05. The van der Waals surface area contributed by atoms with Crippen molar-refractivity contribution < 1.29 is 13.2 Å². The molecule has 3 aromatic rings. The lowest BCUT2D eigenvalue weighted by molar-refractivity contribution is -0.134. The lowest BCUT2D eigenvalue weighted by atomic mass is 9.99. The maximum atomic E-state index is 12.7. The smallest absolute Gasteiger partial charge is 0.337 e. The zero-order chi connectivity index (χ0) is 21.3. The van der Waals surface area contributed by atoms with Crippen molar-refractivity contribution in [2.45, 2.75) is 26.1 Å². The Balaban J connectivity index is 1.45. The van der Waals surface area contributed by atoms with Crippen LogP contribution in [0.4, 0.5) is 19.1 Å². The largest absolute Gasteiger partial charge is 0.425 e. The number of aromatic nitrogens is 3. The van der Waals surface area contributed by atoms with Crippen LogP contribution < -0.4 is 10.6 Å². The molecule has 30 heavy (non-hydrogen) atoms. The van der Waals surface area contributed by atoms with Gasteiger partial charge in [-0.3, -0.25) is 4.57 Å². The van der Waals surface area contributed by atoms with Crippen molar-refractivity contribution in [3.63, 3.8) is 0 Å². The van der Waals surface area contributed by atoms with Gasteiger partial charge in [0.2, 0.25) is 5.95 Å². The van der Waals surface area contributed by atoms with Crippen LogP contribution in [0.15, 0.2) is 53.6 Å². The summed E-state index contributed by atoms with van der Waals surface area (Å²) in [6, 6.07) is 10.8. The van der Waals surface area contributed by atoms with Gasteiger partial charge < -0.3 is 4.90 Å². The molecule has 5 nitrogen and oxygen atoms in total. The lowest BCUT2D eigenvalue weighted by Crippen LogP contribution is -2.33. The minimum atomic E-state index is -4.38. The molecular weight excluding hydrogens is 413 g/mol. The summed E-state index contributed by atoms with van der Waals surface area (Å²) in [4.78, 5) is 22.3. The van der Waals surface area contributed by atoms with Crippen LogP contribution in [0.5, 0.6) is 0 Å². The average molecular weight is 432 g/mol. The van der Waals surface area contributed by atoms with Gasteiger partial charge in [-0.1, -0.05) is 35.9 Å². The van der Waals surface area contributed by atoms with Gasteiger partial charge in [-0.05, 0) is 36.6 Å². The summed E-state index contributed by atoms with van der Waals surface area (Å²) in [6.45, 7) is 3.33. The Hall–Kier alpha value is -2.94. The summed E-state index contributed by atoms with van der Waals surface area (Å²) >= 11 is 0.616. The molecular formula is C21H19F3N4OS. The maximum absolute atomic E-state index is 12.7. The maximum Gasteiger partial charge on any atom is 0.425 e. The fourth-order valence-electron chi connectivity index (χ4n) is 3.27. The summed E-state index contributed by atoms with van der Waals surface area (Å²) in [6.07, 6.45) is -0.122. The molecule has 156 valence electrons. The van der Waals surface area contributed by atoms with Crippen molar-refractivity contribution in [2.75, 3.05) is 18.0 Å². The van der Waals surface area contributed by atoms with Gasteiger partial charge >= 0.3 is 11.9 Å². The summed E-state index contributed by atoms with van der Waals surface area (Å²) in [5.41, 5.74) is 3.11. The Morgan fingerprint density at radius 3 is 2.50 bits per heavy atom. The van der Waals surface area contributed by atoms with Crippen LogP contribution in [-0.2, 0) is 12.7 Å². The average Bonchev–Trinajstić information content (AvgIpc) is 3.20. The number of anilines is 1. The first kappa shape index (κ1) is 20.3. The number of hydrogen-bond acceptors (Lipinski definition) is 5. The zero-order valence-corrected chi connectivity index (χ0v) is 17.0. The third kappa shape index (κ3) is 4.46. The van der Waals surface area contributed by atoms with Crippen molar-refractivity contribution in [1.82, 2.24) is 14.5 Å². The topological polar surface area (TPSA) is 51.0 Å². The van der Waals surface area contributed by atoms with Crippen LogP contribution in [0.1, 0.15) is 27.3 Å². The van der Waals surface area contributed by atoms with Crippen molar-refractivity contribution in [1.29, 1.82) is 0 Å². The predicted molar refractivity (Wildman–Crippen MR) is 111 cm³/mol. The molecule has 0 aliphatic carbocycles. The van der Waals surface area contributed by atoms with Crippen molar-refractivity contribution in [3.8, 4) is 0 Å². The highest BCUT2D eigenvalue weighted by molar-refractivity contribution is 7.12. The number of hydrogen-bond donors (Lipinski definition) is 0. The molecule has 0 saturated heterocycles. The third-order valence-electron chi connectivity index (χ3n) is 4.94. The number of nitrogens with zero attached hydrogens (tertiary/aromatic N) is 4. The van der Waals surface area contributed by atoms with Gasteiger partial charge in [-0.15, -0.1) is 11.3 Å². The van der Waals surface area contributed by atoms with E-state index in [1.54, 1.807) is 0 Å². The van der Waals surface area contributed by atoms with Gasteiger partial charge in [-0.2, -0.15) is 18.2 Å². The molecule has 0 saturated carbocycles. The lowest BCUT2D eigenvalue weighted by Gasteiger charge is -2.26. The first-order chi connectivity index (χ1) is 14.3. The van der Waals surface area contributed by atoms with Crippen LogP contribution in [-0.4, -0.2) is 27.6 Å². The Morgan fingerprint density at radius 1 is 1.13 bits per heavy atom. The summed E-state index contributed by atoms with van der Waals surface area (Å²) < 4.78 is 39.4. The predicted octanol–water partition coefficient (Wildman–Crippen LogP) is 4.37. The van der Waals surface area contributed by atoms with Crippen LogP contribution in [0.3, 0.4) is 0 Å². The van der Waals surface area contributed by atoms with E-state index in [1.165, 1.54) is 33.7 Å². The normalized spacial score (nSPS) is 14.7. The van der Waals surface area contributed by atoms with E-state index in [2.05, 4.69) is 40.3 Å². The molecule has 9 heteroatoms. The van der Waals surface area contributed by atoms with Crippen LogP contribution in [0.2, 0.25) is 0 Å². The van der Waals surface area contributed by atoms with E-state index < -0.39 is 16.7 Å². The van der Waals surface area contributed by atoms with E-state index in [0.29, 0.717) is 35.3 Å². The number of benzene rings is 1. The molecule has 0 atom stereocenters. The number of alkyl halides is 3. The van der Waals surface area contributed by atoms with Crippen molar-refractivity contribution in [2.24, 2.45) is 0 Å². The van der Waals surface area contributed by atoms with E-state index in [1.807, 2.05) is 11.8 Å². The van der Waals surface area contributed by atoms with Gasteiger partial charge in [0.05, 0.1) is 6.54 Å². The number of aryl methyl sites for hydroxylation is 1. The van der Waals surface area contributed by atoms with Gasteiger partial charge in [0.15, 0.2) is 0 Å². The van der Waals surface area contributed by atoms with E-state index in [0.717, 1.165) is 12.5 Å². The van der Waals surface area contributed by atoms with Crippen LogP contribution in [0.25, 0.3) is 5.57 Å². The summed E-state index contributed by atoms with van der Waals surface area (Å²) in [7, 11) is 0. The first-order valence-corrected chi connectivity index (χ1v) is 10.2. The number of halogens is 3. The van der Waals surface area contributed by atoms with Gasteiger partial charge in [0.25, 0.3) is 0 Å². The van der Waals surface area contributed by atoms with E-state index in [4.69, 9.17) is 0 Å². The van der Waals surface area contributed by atoms with E-state index in [9.17, 15) is 18.0 Å². The van der Waals surface area contributed by atoms with E-state index >= 15 is 0 Å². The second-order valence-corrected chi connectivity index (χ2v) is 8.29. The molecule has 2 aromatic heterocycles. The fraction of sp³-hybridized carbons (Fsp3) is 0.286. The standard InChI is InChI=1S/C21H19F3N4OS/c1-14-2-4-15(5-3-14)16-8-10-27(11-9-16)19-25-13-28(20(29)26-19)12-17-6-7-18(30-17)21(22,23)24/h2-8,13H,9-12H2,1H3. The Bertz CT molecular complexity index is 1130. The van der Waals surface area contributed by atoms with Gasteiger partial charge in [0.1, 0.15) is 11.2 Å². The van der Waals surface area contributed by atoms with Crippen LogP contribution >= 0.6 is 11.3 Å². The molecule has 4 rings (SSSR count). The molecule has 0 amide bonds. The van der Waals surface area contributed by atoms with Crippen LogP contribution in [0, 0.1) is 6.92 Å². The monoisotopic (exact) mass is 432 g/mol. The number of thiophene rings is 1. The fourth-order valence-corrected chi connectivity index (χ4v) is 4.15. The van der Waals surface area contributed by atoms with Crippen molar-refractivity contribution in [3.05, 3.63) is 80.2 Å². The molecule has 1 aromatic carbocycles. The molecule has 1 aliphatic rings. The van der Waals surface area contributed by atoms with Gasteiger partial charge in [-0.25, -0.2) is 9.78 Å².